The van der Waals surface area contributed by atoms with Gasteiger partial charge in [0.1, 0.15) is 18.1 Å². The van der Waals surface area contributed by atoms with Gasteiger partial charge in [-0.25, -0.2) is 4.79 Å². The van der Waals surface area contributed by atoms with E-state index >= 15 is 0 Å². The Hall–Kier alpha value is -4.93. The fraction of sp³-hybridized carbons (Fsp3) is 0.571. The molecular formula is C21H35N3O19. The third kappa shape index (κ3) is 31.5. The van der Waals surface area contributed by atoms with E-state index in [4.69, 9.17) is 68.3 Å². The summed E-state index contributed by atoms with van der Waals surface area (Å²) in [6, 6.07) is -3.18. The lowest BCUT2D eigenvalue weighted by Gasteiger charge is -2.18. The lowest BCUT2D eigenvalue weighted by atomic mass is 9.96. The van der Waals surface area contributed by atoms with E-state index in [2.05, 4.69) is 0 Å². The molecule has 22 heteroatoms. The van der Waals surface area contributed by atoms with E-state index < -0.39 is 90.3 Å². The van der Waals surface area contributed by atoms with Crippen molar-refractivity contribution in [1.29, 1.82) is 0 Å². The van der Waals surface area contributed by atoms with Gasteiger partial charge in [0.2, 0.25) is 0 Å². The smallest absolute Gasteiger partial charge is 0.336 e. The molecule has 16 N–H and O–H groups in total. The zero-order valence-electron chi connectivity index (χ0n) is 22.3. The van der Waals surface area contributed by atoms with E-state index in [0.29, 0.717) is 0 Å². The maximum absolute atomic E-state index is 10.3. The van der Waals surface area contributed by atoms with Crippen molar-refractivity contribution in [3.8, 4) is 0 Å². The lowest BCUT2D eigenvalue weighted by molar-refractivity contribution is -0.170. The molecule has 248 valence electrons. The molecule has 0 fully saturated rings. The first-order valence-electron chi connectivity index (χ1n) is 11.4. The monoisotopic (exact) mass is 633 g/mol. The van der Waals surface area contributed by atoms with Crippen molar-refractivity contribution in [1.82, 2.24) is 0 Å². The summed E-state index contributed by atoms with van der Waals surface area (Å²) in [5.41, 5.74) is 12.3. The Morgan fingerprint density at radius 3 is 0.767 bits per heavy atom. The second-order valence-corrected chi connectivity index (χ2v) is 8.11. The number of nitrogens with two attached hydrogens (primary N) is 3. The van der Waals surface area contributed by atoms with E-state index in [1.165, 1.54) is 0 Å². The van der Waals surface area contributed by atoms with Gasteiger partial charge < -0.3 is 68.3 Å². The Morgan fingerprint density at radius 2 is 0.651 bits per heavy atom. The van der Waals surface area contributed by atoms with Crippen molar-refractivity contribution in [2.45, 2.75) is 75.1 Å². The highest BCUT2D eigenvalue weighted by atomic mass is 16.4. The number of hydrogen-bond donors (Lipinski definition) is 13. The van der Waals surface area contributed by atoms with Crippen LogP contribution >= 0.6 is 0 Å². The fourth-order valence-corrected chi connectivity index (χ4v) is 1.92. The lowest BCUT2D eigenvalue weighted by Crippen LogP contribution is -2.42. The number of aliphatic carboxylic acids is 9. The molecule has 0 aromatic carbocycles. The zero-order chi connectivity index (χ0) is 35.1. The van der Waals surface area contributed by atoms with Crippen molar-refractivity contribution < 1.29 is 94.2 Å². The van der Waals surface area contributed by atoms with Crippen LogP contribution in [0.25, 0.3) is 0 Å². The molecule has 3 atom stereocenters. The number of aliphatic hydroxyl groups is 1. The molecule has 0 unspecified atom stereocenters. The topological polar surface area (TPSA) is 434 Å². The van der Waals surface area contributed by atoms with Gasteiger partial charge in [0.05, 0.1) is 12.8 Å². The van der Waals surface area contributed by atoms with Crippen LogP contribution in [0, 0.1) is 0 Å². The number of hydrogen-bond acceptors (Lipinski definition) is 13. The highest BCUT2D eigenvalue weighted by Gasteiger charge is 2.40. The molecule has 0 amide bonds. The number of carboxylic acids is 9. The van der Waals surface area contributed by atoms with E-state index in [1.54, 1.807) is 0 Å². The van der Waals surface area contributed by atoms with Crippen molar-refractivity contribution in [3.05, 3.63) is 0 Å². The number of carboxylic acid groups (broad SMARTS) is 9. The van der Waals surface area contributed by atoms with Crippen molar-refractivity contribution >= 4 is 53.7 Å². The SMILES string of the molecule is N[C@@H](CCC(=O)O)C(=O)O.N[C@@H](CCC(=O)O)C(=O)O.N[C@@H](CCC(=O)O)C(=O)O.O=C(O)CC(O)(CC(=O)O)C(=O)O. The maximum atomic E-state index is 10.3. The Balaban J connectivity index is -0.000000238. The number of carbonyl (C=O) groups is 9. The van der Waals surface area contributed by atoms with Crippen molar-refractivity contribution in [2.24, 2.45) is 17.2 Å². The van der Waals surface area contributed by atoms with Crippen LogP contribution in [0.4, 0.5) is 0 Å². The van der Waals surface area contributed by atoms with Gasteiger partial charge in [-0.3, -0.25) is 38.4 Å². The quantitative estimate of drug-likeness (QED) is 0.0739. The average Bonchev–Trinajstić information content (AvgIpc) is 2.83. The van der Waals surface area contributed by atoms with E-state index in [9.17, 15) is 43.2 Å². The van der Waals surface area contributed by atoms with Crippen molar-refractivity contribution in [3.63, 3.8) is 0 Å². The molecule has 0 aromatic heterocycles. The molecule has 0 heterocycles. The van der Waals surface area contributed by atoms with Gasteiger partial charge in [0.15, 0.2) is 5.60 Å². The maximum Gasteiger partial charge on any atom is 0.336 e. The summed E-state index contributed by atoms with van der Waals surface area (Å²) in [4.78, 5) is 90.1. The minimum atomic E-state index is -2.74. The summed E-state index contributed by atoms with van der Waals surface area (Å²) < 4.78 is 0. The molecule has 43 heavy (non-hydrogen) atoms. The van der Waals surface area contributed by atoms with Gasteiger partial charge in [0, 0.05) is 19.3 Å². The van der Waals surface area contributed by atoms with Gasteiger partial charge in [-0.1, -0.05) is 0 Å². The normalized spacial score (nSPS) is 12.0. The molecule has 0 saturated heterocycles. The molecule has 0 aliphatic carbocycles. The van der Waals surface area contributed by atoms with Crippen LogP contribution < -0.4 is 17.2 Å². The Labute approximate surface area is 240 Å². The Bertz CT molecular complexity index is 886. The zero-order valence-corrected chi connectivity index (χ0v) is 22.3. The van der Waals surface area contributed by atoms with E-state index in [-0.39, 0.29) is 38.5 Å². The molecule has 0 rings (SSSR count). The summed E-state index contributed by atoms with van der Waals surface area (Å²) in [5.74, 6) is -11.6. The first-order chi connectivity index (χ1) is 19.4. The van der Waals surface area contributed by atoms with Crippen LogP contribution in [0.15, 0.2) is 0 Å². The first-order valence-corrected chi connectivity index (χ1v) is 11.4. The van der Waals surface area contributed by atoms with Crippen LogP contribution in [0.5, 0.6) is 0 Å². The predicted molar refractivity (Wildman–Crippen MR) is 135 cm³/mol. The van der Waals surface area contributed by atoms with E-state index in [0.717, 1.165) is 0 Å². The number of rotatable bonds is 17. The van der Waals surface area contributed by atoms with E-state index in [1.807, 2.05) is 0 Å². The second kappa shape index (κ2) is 23.7. The standard InChI is InChI=1S/C6H8O7.3C5H9NO4/c7-3(8)1-6(13,5(11)12)2-4(9)10;3*6-3(5(9)10)1-2-4(7)8/h13H,1-2H2,(H,7,8)(H,9,10)(H,11,12);3*3H,1-2,6H2,(H,7,8)(H,9,10)/t;3*3-/m.000/s1. The first kappa shape index (κ1) is 45.1. The molecule has 0 aromatic rings. The molecule has 0 saturated carbocycles. The van der Waals surface area contributed by atoms with Crippen LogP contribution in [0.2, 0.25) is 0 Å². The molecule has 22 nitrogen and oxygen atoms in total. The highest BCUT2D eigenvalue weighted by Crippen LogP contribution is 2.15. The molecular weight excluding hydrogens is 598 g/mol. The van der Waals surface area contributed by atoms with Crippen LogP contribution in [0.3, 0.4) is 0 Å². The minimum Gasteiger partial charge on any atom is -0.481 e. The summed E-state index contributed by atoms with van der Waals surface area (Å²) in [6.07, 6.45) is -2.96. The average molecular weight is 634 g/mol. The van der Waals surface area contributed by atoms with Crippen molar-refractivity contribution in [2.75, 3.05) is 0 Å². The molecule has 0 spiro atoms. The summed E-state index contributed by atoms with van der Waals surface area (Å²) >= 11 is 0. The predicted octanol–water partition coefficient (Wildman–Crippen LogP) is -3.46. The van der Waals surface area contributed by atoms with Gasteiger partial charge in [-0.15, -0.1) is 0 Å². The summed E-state index contributed by atoms with van der Waals surface area (Å²) in [5, 5.41) is 82.6. The van der Waals surface area contributed by atoms with Crippen LogP contribution in [0.1, 0.15) is 51.4 Å². The Morgan fingerprint density at radius 1 is 0.442 bits per heavy atom. The summed E-state index contributed by atoms with van der Waals surface area (Å²) in [6.45, 7) is 0. The van der Waals surface area contributed by atoms with Gasteiger partial charge in [-0.05, 0) is 19.3 Å². The molecule has 0 radical (unpaired) electrons. The largest absolute Gasteiger partial charge is 0.481 e. The van der Waals surface area contributed by atoms with Crippen LogP contribution in [-0.2, 0) is 43.2 Å². The molecule has 0 aliphatic heterocycles. The van der Waals surface area contributed by atoms with Gasteiger partial charge in [0.25, 0.3) is 0 Å². The molecule has 0 aliphatic rings. The third-order valence-corrected chi connectivity index (χ3v) is 4.24. The Kier molecular flexibility index (Phi) is 24.9. The summed E-state index contributed by atoms with van der Waals surface area (Å²) in [7, 11) is 0. The second-order valence-electron chi connectivity index (χ2n) is 8.11. The van der Waals surface area contributed by atoms with Gasteiger partial charge in [-0.2, -0.15) is 0 Å². The van der Waals surface area contributed by atoms with Gasteiger partial charge >= 0.3 is 53.7 Å². The fourth-order valence-electron chi connectivity index (χ4n) is 1.92. The molecule has 0 bridgehead atoms. The third-order valence-electron chi connectivity index (χ3n) is 4.24. The minimum absolute atomic E-state index is 0.0231. The highest BCUT2D eigenvalue weighted by molar-refractivity contribution is 5.88. The van der Waals surface area contributed by atoms with Crippen LogP contribution in [-0.4, -0.2) is 129 Å².